The van der Waals surface area contributed by atoms with Gasteiger partial charge >= 0.3 is 7.82 Å². The molecule has 0 aliphatic carbocycles. The van der Waals surface area contributed by atoms with E-state index in [-0.39, 0.29) is 13.2 Å². The first-order valence-corrected chi connectivity index (χ1v) is 8.74. The molecule has 1 unspecified atom stereocenters. The average Bonchev–Trinajstić information content (AvgIpc) is 2.87. The molecule has 1 aromatic rings. The fourth-order valence-corrected chi connectivity index (χ4v) is 3.70. The number of nitrogens with one attached hydrogen (secondary N) is 1. The third-order valence-corrected chi connectivity index (χ3v) is 4.84. The number of hydrogen-bond acceptors (Lipinski definition) is 8. The van der Waals surface area contributed by atoms with Gasteiger partial charge in [-0.15, -0.1) is 0 Å². The van der Waals surface area contributed by atoms with Gasteiger partial charge in [0.1, 0.15) is 11.9 Å². The molecule has 1 saturated heterocycles. The van der Waals surface area contributed by atoms with E-state index >= 15 is 0 Å². The molecule has 2 aliphatic heterocycles. The van der Waals surface area contributed by atoms with E-state index in [1.807, 2.05) is 6.07 Å². The van der Waals surface area contributed by atoms with E-state index in [1.165, 1.54) is 5.48 Å². The van der Waals surface area contributed by atoms with Crippen LogP contribution in [-0.4, -0.2) is 35.7 Å². The van der Waals surface area contributed by atoms with Gasteiger partial charge in [-0.3, -0.25) is 19.0 Å². The number of rotatable bonds is 4. The Morgan fingerprint density at radius 2 is 2.17 bits per heavy atom. The molecule has 2 aliphatic rings. The Kier molecular flexibility index (Phi) is 4.65. The topological polar surface area (TPSA) is 113 Å². The van der Waals surface area contributed by atoms with Crippen molar-refractivity contribution in [2.45, 2.75) is 38.4 Å². The summed E-state index contributed by atoms with van der Waals surface area (Å²) in [5.41, 5.74) is 2.26. The lowest BCUT2D eigenvalue weighted by Crippen LogP contribution is -2.41. The van der Waals surface area contributed by atoms with Crippen LogP contribution in [0.3, 0.4) is 0 Å². The van der Waals surface area contributed by atoms with Crippen molar-refractivity contribution in [2.24, 2.45) is 0 Å². The summed E-state index contributed by atoms with van der Waals surface area (Å²) in [4.78, 5) is 11.7. The van der Waals surface area contributed by atoms with Crippen LogP contribution in [-0.2, 0) is 34.5 Å². The summed E-state index contributed by atoms with van der Waals surface area (Å²) in [5.74, 6) is -1.43. The molecular weight excluding hydrogens is 341 g/mol. The number of carbonyl (C=O) groups is 1. The SMILES string of the molecule is CC1(C)O[C@H](COP2(=O)OCc3ccccc3O2)[C@H](C(=O)NO)O1. The number of phosphoric ester groups is 1. The lowest BCUT2D eigenvalue weighted by Gasteiger charge is -2.26. The molecule has 0 radical (unpaired) electrons. The largest absolute Gasteiger partial charge is 0.530 e. The number of carbonyl (C=O) groups excluding carboxylic acids is 1. The number of hydrogen-bond donors (Lipinski definition) is 2. The number of ether oxygens (including phenoxy) is 2. The summed E-state index contributed by atoms with van der Waals surface area (Å²) in [6.07, 6.45) is -2.00. The zero-order valence-electron chi connectivity index (χ0n) is 13.1. The fraction of sp³-hybridized carbons (Fsp3) is 0.500. The molecule has 1 fully saturated rings. The van der Waals surface area contributed by atoms with E-state index in [0.717, 1.165) is 5.56 Å². The summed E-state index contributed by atoms with van der Waals surface area (Å²) in [5, 5.41) is 8.78. The zero-order valence-corrected chi connectivity index (χ0v) is 14.0. The van der Waals surface area contributed by atoms with Crippen LogP contribution in [0.4, 0.5) is 0 Å². The Hall–Kier alpha value is -1.48. The van der Waals surface area contributed by atoms with Crippen LogP contribution >= 0.6 is 7.82 Å². The summed E-state index contributed by atoms with van der Waals surface area (Å²) < 4.78 is 39.3. The van der Waals surface area contributed by atoms with Crippen molar-refractivity contribution in [1.29, 1.82) is 0 Å². The van der Waals surface area contributed by atoms with Crippen molar-refractivity contribution in [2.75, 3.05) is 6.61 Å². The Balaban J connectivity index is 1.66. The monoisotopic (exact) mass is 359 g/mol. The van der Waals surface area contributed by atoms with Gasteiger partial charge in [0.25, 0.3) is 5.91 Å². The molecule has 132 valence electrons. The van der Waals surface area contributed by atoms with E-state index in [0.29, 0.717) is 5.75 Å². The summed E-state index contributed by atoms with van der Waals surface area (Å²) in [6, 6.07) is 7.00. The van der Waals surface area contributed by atoms with Crippen LogP contribution in [0, 0.1) is 0 Å². The molecule has 3 atom stereocenters. The number of fused-ring (bicyclic) bond motifs is 1. The predicted molar refractivity (Wildman–Crippen MR) is 79.2 cm³/mol. The van der Waals surface area contributed by atoms with Crippen LogP contribution in [0.1, 0.15) is 19.4 Å². The summed E-state index contributed by atoms with van der Waals surface area (Å²) in [6.45, 7) is 3.02. The van der Waals surface area contributed by atoms with Crippen LogP contribution in [0.2, 0.25) is 0 Å². The second-order valence-electron chi connectivity index (χ2n) is 5.79. The maximum atomic E-state index is 12.5. The number of phosphoric acid groups is 1. The van der Waals surface area contributed by atoms with Gasteiger partial charge in [-0.05, 0) is 19.9 Å². The maximum absolute atomic E-state index is 12.5. The molecule has 2 N–H and O–H groups in total. The highest BCUT2D eigenvalue weighted by Gasteiger charge is 2.47. The highest BCUT2D eigenvalue weighted by molar-refractivity contribution is 7.49. The molecule has 0 spiro atoms. The maximum Gasteiger partial charge on any atom is 0.530 e. The summed E-state index contributed by atoms with van der Waals surface area (Å²) in [7, 11) is -3.83. The van der Waals surface area contributed by atoms with Crippen molar-refractivity contribution >= 4 is 13.7 Å². The van der Waals surface area contributed by atoms with E-state index in [1.54, 1.807) is 32.0 Å². The Morgan fingerprint density at radius 3 is 2.92 bits per heavy atom. The molecule has 10 heteroatoms. The van der Waals surface area contributed by atoms with Crippen LogP contribution in [0.25, 0.3) is 0 Å². The molecule has 1 aromatic carbocycles. The lowest BCUT2D eigenvalue weighted by atomic mass is 10.2. The van der Waals surface area contributed by atoms with E-state index < -0.39 is 31.7 Å². The molecular formula is C14H18NO8P. The van der Waals surface area contributed by atoms with Crippen LogP contribution in [0.15, 0.2) is 24.3 Å². The number of amides is 1. The second kappa shape index (κ2) is 6.44. The number of para-hydroxylation sites is 1. The van der Waals surface area contributed by atoms with Crippen molar-refractivity contribution in [3.63, 3.8) is 0 Å². The minimum atomic E-state index is -3.83. The Labute approximate surface area is 138 Å². The summed E-state index contributed by atoms with van der Waals surface area (Å²) >= 11 is 0. The number of hydroxylamine groups is 1. The second-order valence-corrected chi connectivity index (χ2v) is 7.38. The normalized spacial score (nSPS) is 31.1. The third kappa shape index (κ3) is 3.61. The molecule has 0 aromatic heterocycles. The van der Waals surface area contributed by atoms with Crippen molar-refractivity contribution in [3.8, 4) is 5.75 Å². The Bertz CT molecular complexity index is 678. The first-order chi connectivity index (χ1) is 11.3. The van der Waals surface area contributed by atoms with Gasteiger partial charge < -0.3 is 14.0 Å². The Morgan fingerprint density at radius 1 is 1.42 bits per heavy atom. The lowest BCUT2D eigenvalue weighted by molar-refractivity contribution is -0.160. The molecule has 0 bridgehead atoms. The molecule has 1 amide bonds. The molecule has 2 heterocycles. The highest BCUT2D eigenvalue weighted by Crippen LogP contribution is 2.54. The zero-order chi connectivity index (χ0) is 17.4. The fourth-order valence-electron chi connectivity index (χ4n) is 2.48. The molecule has 3 rings (SSSR count). The van der Waals surface area contributed by atoms with Gasteiger partial charge in [0.2, 0.25) is 0 Å². The third-order valence-electron chi connectivity index (χ3n) is 3.51. The molecule has 24 heavy (non-hydrogen) atoms. The quantitative estimate of drug-likeness (QED) is 0.475. The van der Waals surface area contributed by atoms with Gasteiger partial charge in [0.05, 0.1) is 13.2 Å². The van der Waals surface area contributed by atoms with Crippen molar-refractivity contribution < 1.29 is 37.6 Å². The smallest absolute Gasteiger partial charge is 0.404 e. The van der Waals surface area contributed by atoms with E-state index in [2.05, 4.69) is 0 Å². The average molecular weight is 359 g/mol. The minimum Gasteiger partial charge on any atom is -0.404 e. The first-order valence-electron chi connectivity index (χ1n) is 7.28. The van der Waals surface area contributed by atoms with Crippen molar-refractivity contribution in [1.82, 2.24) is 5.48 Å². The van der Waals surface area contributed by atoms with E-state index in [4.69, 9.17) is 28.3 Å². The van der Waals surface area contributed by atoms with E-state index in [9.17, 15) is 9.36 Å². The van der Waals surface area contributed by atoms with Gasteiger partial charge in [0, 0.05) is 5.56 Å². The van der Waals surface area contributed by atoms with Crippen molar-refractivity contribution in [3.05, 3.63) is 29.8 Å². The van der Waals surface area contributed by atoms with Gasteiger partial charge in [-0.25, -0.2) is 10.0 Å². The minimum absolute atomic E-state index is 0.0848. The predicted octanol–water partition coefficient (Wildman–Crippen LogP) is 1.75. The highest BCUT2D eigenvalue weighted by atomic mass is 31.2. The van der Waals surface area contributed by atoms with Crippen LogP contribution < -0.4 is 10.0 Å². The standard InChI is InChI=1S/C14H18NO8P/c1-14(2)21-11(12(22-14)13(16)15-17)8-20-24(18)19-7-9-5-3-4-6-10(9)23-24/h3-6,11-12,17H,7-8H2,1-2H3,(H,15,16)/t11-,12-,24?/m1/s1. The molecule has 9 nitrogen and oxygen atoms in total. The molecule has 0 saturated carbocycles. The first kappa shape index (κ1) is 17.3. The van der Waals surface area contributed by atoms with Crippen LogP contribution in [0.5, 0.6) is 5.75 Å². The van der Waals surface area contributed by atoms with Gasteiger partial charge in [-0.2, -0.15) is 0 Å². The van der Waals surface area contributed by atoms with Gasteiger partial charge in [-0.1, -0.05) is 18.2 Å². The van der Waals surface area contributed by atoms with Gasteiger partial charge in [0.15, 0.2) is 11.9 Å². The number of benzene rings is 1.